The third-order valence-electron chi connectivity index (χ3n) is 2.87. The predicted octanol–water partition coefficient (Wildman–Crippen LogP) is 4.11. The lowest BCUT2D eigenvalue weighted by Crippen LogP contribution is -2.36. The number of hydrogen-bond donors (Lipinski definition) is 2. The van der Waals surface area contributed by atoms with Crippen molar-refractivity contribution in [3.05, 3.63) is 38.3 Å². The van der Waals surface area contributed by atoms with Crippen molar-refractivity contribution in [1.82, 2.24) is 15.8 Å². The first-order valence-electron chi connectivity index (χ1n) is 6.71. The third-order valence-corrected chi connectivity index (χ3v) is 4.57. The molecule has 0 amide bonds. The molecule has 0 bridgehead atoms. The van der Waals surface area contributed by atoms with Crippen molar-refractivity contribution >= 4 is 57.2 Å². The zero-order valence-electron chi connectivity index (χ0n) is 12.7. The average molecular weight is 499 g/mol. The van der Waals surface area contributed by atoms with Gasteiger partial charge in [-0.2, -0.15) is 0 Å². The van der Waals surface area contributed by atoms with Crippen LogP contribution in [-0.2, 0) is 13.1 Å². The van der Waals surface area contributed by atoms with Crippen LogP contribution < -0.4 is 10.6 Å². The molecule has 0 saturated carbocycles. The van der Waals surface area contributed by atoms with E-state index in [1.54, 1.807) is 18.4 Å². The van der Waals surface area contributed by atoms with Crippen LogP contribution >= 0.6 is 51.2 Å². The molecule has 0 aliphatic heterocycles. The van der Waals surface area contributed by atoms with Crippen molar-refractivity contribution in [1.29, 1.82) is 0 Å². The maximum absolute atomic E-state index is 5.29. The van der Waals surface area contributed by atoms with Crippen molar-refractivity contribution in [2.24, 2.45) is 4.99 Å². The second kappa shape index (κ2) is 9.51. The van der Waals surface area contributed by atoms with Crippen LogP contribution in [0.15, 0.2) is 31.5 Å². The maximum Gasteiger partial charge on any atom is 0.191 e. The fourth-order valence-corrected chi connectivity index (χ4v) is 3.08. The van der Waals surface area contributed by atoms with Crippen molar-refractivity contribution in [3.8, 4) is 0 Å². The highest BCUT2D eigenvalue weighted by Crippen LogP contribution is 2.19. The molecule has 0 aromatic carbocycles. The summed E-state index contributed by atoms with van der Waals surface area (Å²) in [6.45, 7) is 5.49. The molecular weight excluding hydrogens is 479 g/mol. The predicted molar refractivity (Wildman–Crippen MR) is 105 cm³/mol. The summed E-state index contributed by atoms with van der Waals surface area (Å²) < 4.78 is 6.39. The van der Waals surface area contributed by atoms with Gasteiger partial charge in [0.15, 0.2) is 11.7 Å². The Labute approximate surface area is 160 Å². The van der Waals surface area contributed by atoms with Gasteiger partial charge in [-0.15, -0.1) is 35.3 Å². The minimum Gasteiger partial charge on any atom is -0.359 e. The summed E-state index contributed by atoms with van der Waals surface area (Å²) in [7, 11) is 1.75. The molecule has 0 radical (unpaired) electrons. The zero-order valence-corrected chi connectivity index (χ0v) is 17.5. The van der Waals surface area contributed by atoms with E-state index in [1.165, 1.54) is 4.88 Å². The lowest BCUT2D eigenvalue weighted by molar-refractivity contribution is 0.372. The molecule has 0 spiro atoms. The first-order valence-corrected chi connectivity index (χ1v) is 8.38. The van der Waals surface area contributed by atoms with Gasteiger partial charge in [0.1, 0.15) is 0 Å². The molecule has 122 valence electrons. The summed E-state index contributed by atoms with van der Waals surface area (Å²) in [6.07, 6.45) is 0. The van der Waals surface area contributed by atoms with Gasteiger partial charge in [0.05, 0.1) is 18.8 Å². The van der Waals surface area contributed by atoms with Crippen LogP contribution in [0, 0.1) is 0 Å². The largest absolute Gasteiger partial charge is 0.359 e. The molecule has 8 heteroatoms. The summed E-state index contributed by atoms with van der Waals surface area (Å²) in [5.41, 5.74) is 0.971. The number of aliphatic imine (C=N–C) groups is 1. The summed E-state index contributed by atoms with van der Waals surface area (Å²) in [6, 6.07) is 4.07. The molecule has 0 fully saturated rings. The van der Waals surface area contributed by atoms with Gasteiger partial charge >= 0.3 is 0 Å². The van der Waals surface area contributed by atoms with E-state index in [1.807, 2.05) is 6.07 Å². The Balaban J connectivity index is 0.00000242. The van der Waals surface area contributed by atoms with E-state index in [-0.39, 0.29) is 24.0 Å². The minimum atomic E-state index is 0. The number of rotatable bonds is 5. The molecule has 0 aliphatic carbocycles. The van der Waals surface area contributed by atoms with E-state index in [9.17, 15) is 0 Å². The Morgan fingerprint density at radius 1 is 1.36 bits per heavy atom. The average Bonchev–Trinajstić information content (AvgIpc) is 3.08. The Kier molecular flexibility index (Phi) is 8.40. The molecule has 2 heterocycles. The van der Waals surface area contributed by atoms with Gasteiger partial charge in [-0.05, 0) is 27.9 Å². The Hall–Kier alpha value is -0.610. The van der Waals surface area contributed by atoms with E-state index in [2.05, 4.69) is 62.0 Å². The maximum atomic E-state index is 5.29. The van der Waals surface area contributed by atoms with E-state index in [0.29, 0.717) is 12.5 Å². The lowest BCUT2D eigenvalue weighted by atomic mass is 10.1. The van der Waals surface area contributed by atoms with Crippen molar-refractivity contribution in [3.63, 3.8) is 0 Å². The van der Waals surface area contributed by atoms with E-state index in [4.69, 9.17) is 4.52 Å². The highest BCUT2D eigenvalue weighted by molar-refractivity contribution is 14.0. The molecule has 0 unspecified atom stereocenters. The van der Waals surface area contributed by atoms with Crippen molar-refractivity contribution in [2.45, 2.75) is 32.9 Å². The fourth-order valence-electron chi connectivity index (χ4n) is 1.69. The van der Waals surface area contributed by atoms with Crippen LogP contribution in [0.3, 0.4) is 0 Å². The molecule has 5 nitrogen and oxygen atoms in total. The Morgan fingerprint density at radius 2 is 2.09 bits per heavy atom. The van der Waals surface area contributed by atoms with Gasteiger partial charge < -0.3 is 15.2 Å². The highest BCUT2D eigenvalue weighted by Gasteiger charge is 2.08. The second-order valence-corrected chi connectivity index (χ2v) is 6.79. The van der Waals surface area contributed by atoms with E-state index < -0.39 is 0 Å². The zero-order chi connectivity index (χ0) is 15.2. The van der Waals surface area contributed by atoms with Gasteiger partial charge in [0.25, 0.3) is 0 Å². The monoisotopic (exact) mass is 498 g/mol. The number of hydrogen-bond acceptors (Lipinski definition) is 4. The smallest absolute Gasteiger partial charge is 0.191 e. The van der Waals surface area contributed by atoms with Crippen LogP contribution in [0.4, 0.5) is 0 Å². The normalized spacial score (nSPS) is 11.4. The van der Waals surface area contributed by atoms with Crippen LogP contribution in [0.5, 0.6) is 0 Å². The second-order valence-electron chi connectivity index (χ2n) is 4.88. The van der Waals surface area contributed by atoms with Crippen LogP contribution in [0.25, 0.3) is 0 Å². The first-order chi connectivity index (χ1) is 10.1. The van der Waals surface area contributed by atoms with Crippen LogP contribution in [-0.4, -0.2) is 18.2 Å². The fraction of sp³-hybridized carbons (Fsp3) is 0.429. The third kappa shape index (κ3) is 5.88. The molecule has 0 saturated heterocycles. The molecule has 2 aromatic rings. The van der Waals surface area contributed by atoms with Crippen LogP contribution in [0.1, 0.15) is 36.1 Å². The SMILES string of the molecule is CN=C(NCc1cc(C(C)C)no1)NCc1cc(Br)cs1.I. The number of nitrogens with zero attached hydrogens (tertiary/aromatic N) is 2. The van der Waals surface area contributed by atoms with Crippen molar-refractivity contribution < 1.29 is 4.52 Å². The summed E-state index contributed by atoms with van der Waals surface area (Å²) >= 11 is 5.15. The lowest BCUT2D eigenvalue weighted by Gasteiger charge is -2.09. The number of guanidine groups is 1. The van der Waals surface area contributed by atoms with Gasteiger partial charge in [-0.3, -0.25) is 4.99 Å². The Morgan fingerprint density at radius 3 is 2.64 bits per heavy atom. The molecule has 0 atom stereocenters. The summed E-state index contributed by atoms with van der Waals surface area (Å²) in [5, 5.41) is 12.6. The molecule has 2 aromatic heterocycles. The minimum absolute atomic E-state index is 0. The molecule has 0 aliphatic rings. The molecular formula is C14H20BrIN4OS. The molecule has 22 heavy (non-hydrogen) atoms. The number of halogens is 2. The van der Waals surface area contributed by atoms with Crippen LogP contribution in [0.2, 0.25) is 0 Å². The molecule has 2 rings (SSSR count). The first kappa shape index (κ1) is 19.4. The van der Waals surface area contributed by atoms with E-state index >= 15 is 0 Å². The molecule has 2 N–H and O–H groups in total. The number of thiophene rings is 1. The number of nitrogens with one attached hydrogen (secondary N) is 2. The van der Waals surface area contributed by atoms with Crippen molar-refractivity contribution in [2.75, 3.05) is 7.05 Å². The quantitative estimate of drug-likeness (QED) is 0.370. The summed E-state index contributed by atoms with van der Waals surface area (Å²) in [5.74, 6) is 1.92. The standard InChI is InChI=1S/C14H19BrN4OS.HI/c1-9(2)13-5-11(20-19-13)6-17-14(16-3)18-7-12-4-10(15)8-21-12;/h4-5,8-9H,6-7H2,1-3H3,(H2,16,17,18);1H. The van der Waals surface area contributed by atoms with Gasteiger partial charge in [0, 0.05) is 27.8 Å². The highest BCUT2D eigenvalue weighted by atomic mass is 127. The number of aromatic nitrogens is 1. The van der Waals surface area contributed by atoms with Gasteiger partial charge in [-0.25, -0.2) is 0 Å². The summed E-state index contributed by atoms with van der Waals surface area (Å²) in [4.78, 5) is 5.43. The Bertz CT molecular complexity index is 612. The topological polar surface area (TPSA) is 62.5 Å². The van der Waals surface area contributed by atoms with Gasteiger partial charge in [0.2, 0.25) is 0 Å². The van der Waals surface area contributed by atoms with Gasteiger partial charge in [-0.1, -0.05) is 19.0 Å². The van der Waals surface area contributed by atoms with E-state index in [0.717, 1.165) is 28.4 Å².